The predicted octanol–water partition coefficient (Wildman–Crippen LogP) is 3.35. The fourth-order valence-electron chi connectivity index (χ4n) is 4.24. The average Bonchev–Trinajstić information content (AvgIpc) is 3.06. The SMILES string of the molecule is CCCCC[C@H](O)C=C[C@@H]1[C@H]2CC(=COCCN(C)C)C[C@H]2C[C@H]1O. The van der Waals surface area contributed by atoms with E-state index < -0.39 is 0 Å². The van der Waals surface area contributed by atoms with Gasteiger partial charge in [-0.05, 0) is 57.2 Å². The molecule has 144 valence electrons. The van der Waals surface area contributed by atoms with E-state index in [2.05, 4.69) is 17.9 Å². The van der Waals surface area contributed by atoms with Crippen LogP contribution in [0.1, 0.15) is 51.9 Å². The van der Waals surface area contributed by atoms with Crippen LogP contribution in [0.25, 0.3) is 0 Å². The van der Waals surface area contributed by atoms with Gasteiger partial charge in [0.1, 0.15) is 0 Å². The molecule has 0 radical (unpaired) electrons. The number of unbranched alkanes of at least 4 members (excludes halogenated alkanes) is 2. The molecule has 2 fully saturated rings. The largest absolute Gasteiger partial charge is 0.500 e. The van der Waals surface area contributed by atoms with Crippen LogP contribution >= 0.6 is 0 Å². The molecule has 0 amide bonds. The van der Waals surface area contributed by atoms with Crippen LogP contribution in [0.5, 0.6) is 0 Å². The molecule has 2 aliphatic carbocycles. The molecule has 2 N–H and O–H groups in total. The Labute approximate surface area is 153 Å². The second-order valence-electron chi connectivity index (χ2n) is 8.11. The van der Waals surface area contributed by atoms with Gasteiger partial charge in [0.25, 0.3) is 0 Å². The Bertz CT molecular complexity index is 446. The topological polar surface area (TPSA) is 52.9 Å². The zero-order chi connectivity index (χ0) is 18.2. The number of aliphatic hydroxyl groups excluding tert-OH is 2. The number of hydrogen-bond donors (Lipinski definition) is 2. The highest BCUT2D eigenvalue weighted by molar-refractivity contribution is 5.16. The molecule has 4 nitrogen and oxygen atoms in total. The van der Waals surface area contributed by atoms with E-state index in [1.807, 2.05) is 26.4 Å². The number of hydrogen-bond acceptors (Lipinski definition) is 4. The number of allylic oxidation sites excluding steroid dienone is 1. The molecule has 2 saturated carbocycles. The Kier molecular flexibility index (Phi) is 8.47. The van der Waals surface area contributed by atoms with E-state index in [-0.39, 0.29) is 18.1 Å². The molecule has 0 spiro atoms. The quantitative estimate of drug-likeness (QED) is 0.360. The Morgan fingerprint density at radius 3 is 2.80 bits per heavy atom. The van der Waals surface area contributed by atoms with Crippen LogP contribution in [-0.2, 0) is 4.74 Å². The summed E-state index contributed by atoms with van der Waals surface area (Å²) in [5.41, 5.74) is 1.38. The van der Waals surface area contributed by atoms with E-state index in [9.17, 15) is 10.2 Å². The van der Waals surface area contributed by atoms with Crippen LogP contribution in [0.3, 0.4) is 0 Å². The average molecular weight is 352 g/mol. The molecule has 0 saturated heterocycles. The normalized spacial score (nSPS) is 32.0. The third-order valence-electron chi connectivity index (χ3n) is 5.68. The summed E-state index contributed by atoms with van der Waals surface area (Å²) >= 11 is 0. The van der Waals surface area contributed by atoms with Crippen molar-refractivity contribution >= 4 is 0 Å². The van der Waals surface area contributed by atoms with Crippen molar-refractivity contribution in [2.75, 3.05) is 27.2 Å². The number of aliphatic hydroxyl groups is 2. The van der Waals surface area contributed by atoms with Crippen molar-refractivity contribution in [3.63, 3.8) is 0 Å². The van der Waals surface area contributed by atoms with Crippen molar-refractivity contribution in [3.05, 3.63) is 24.0 Å². The first-order valence-corrected chi connectivity index (χ1v) is 10.00. The lowest BCUT2D eigenvalue weighted by Crippen LogP contribution is -2.18. The summed E-state index contributed by atoms with van der Waals surface area (Å²) < 4.78 is 5.68. The Balaban J connectivity index is 1.82. The van der Waals surface area contributed by atoms with E-state index in [1.165, 1.54) is 18.4 Å². The highest BCUT2D eigenvalue weighted by Crippen LogP contribution is 2.50. The van der Waals surface area contributed by atoms with Gasteiger partial charge in [0.2, 0.25) is 0 Å². The fourth-order valence-corrected chi connectivity index (χ4v) is 4.24. The van der Waals surface area contributed by atoms with Gasteiger partial charge in [-0.3, -0.25) is 0 Å². The minimum Gasteiger partial charge on any atom is -0.500 e. The standard InChI is InChI=1S/C21H37NO3/c1-4-5-6-7-18(23)8-9-19-20-13-16(12-17(20)14-21(19)24)15-25-11-10-22(2)3/h8-9,15,17-21,23-24H,4-7,10-14H2,1-3H3/t17-,18-,19+,20-,21+/m0/s1. The van der Waals surface area contributed by atoms with E-state index >= 15 is 0 Å². The molecule has 0 aromatic heterocycles. The fraction of sp³-hybridized carbons (Fsp3) is 0.810. The molecule has 25 heavy (non-hydrogen) atoms. The molecular weight excluding hydrogens is 314 g/mol. The molecule has 0 unspecified atom stereocenters. The van der Waals surface area contributed by atoms with E-state index in [0.717, 1.165) is 45.3 Å². The van der Waals surface area contributed by atoms with Gasteiger partial charge in [-0.2, -0.15) is 0 Å². The molecule has 2 rings (SSSR count). The molecule has 0 bridgehead atoms. The molecule has 0 aliphatic heterocycles. The van der Waals surface area contributed by atoms with E-state index in [0.29, 0.717) is 11.8 Å². The monoisotopic (exact) mass is 351 g/mol. The summed E-state index contributed by atoms with van der Waals surface area (Å²) in [5, 5.41) is 20.5. The Morgan fingerprint density at radius 2 is 2.08 bits per heavy atom. The lowest BCUT2D eigenvalue weighted by Gasteiger charge is -2.17. The van der Waals surface area contributed by atoms with Gasteiger partial charge in [-0.1, -0.05) is 38.3 Å². The van der Waals surface area contributed by atoms with Gasteiger partial charge in [-0.15, -0.1) is 0 Å². The molecule has 5 atom stereocenters. The Morgan fingerprint density at radius 1 is 1.28 bits per heavy atom. The van der Waals surface area contributed by atoms with Crippen LogP contribution in [0.2, 0.25) is 0 Å². The minimum atomic E-state index is -0.372. The predicted molar refractivity (Wildman–Crippen MR) is 102 cm³/mol. The summed E-state index contributed by atoms with van der Waals surface area (Å²) in [6.07, 6.45) is 12.5. The first-order chi connectivity index (χ1) is 12.0. The maximum Gasteiger partial charge on any atom is 0.0999 e. The van der Waals surface area contributed by atoms with Crippen molar-refractivity contribution in [2.24, 2.45) is 17.8 Å². The van der Waals surface area contributed by atoms with Crippen LogP contribution in [-0.4, -0.2) is 54.6 Å². The zero-order valence-corrected chi connectivity index (χ0v) is 16.2. The number of ether oxygens (including phenoxy) is 1. The first kappa shape index (κ1) is 20.5. The summed E-state index contributed by atoms with van der Waals surface area (Å²) in [6, 6.07) is 0. The van der Waals surface area contributed by atoms with Gasteiger partial charge in [0.15, 0.2) is 0 Å². The summed E-state index contributed by atoms with van der Waals surface area (Å²) in [4.78, 5) is 2.12. The molecule has 0 aromatic rings. The van der Waals surface area contributed by atoms with Crippen molar-refractivity contribution in [1.82, 2.24) is 4.90 Å². The maximum atomic E-state index is 10.4. The van der Waals surface area contributed by atoms with Crippen LogP contribution in [0, 0.1) is 17.8 Å². The van der Waals surface area contributed by atoms with Crippen LogP contribution in [0.4, 0.5) is 0 Å². The zero-order valence-electron chi connectivity index (χ0n) is 16.2. The van der Waals surface area contributed by atoms with Crippen molar-refractivity contribution in [2.45, 2.75) is 64.1 Å². The smallest absolute Gasteiger partial charge is 0.0999 e. The second kappa shape index (κ2) is 10.3. The number of fused-ring (bicyclic) bond motifs is 1. The Hall–Kier alpha value is -0.840. The van der Waals surface area contributed by atoms with Crippen molar-refractivity contribution in [3.8, 4) is 0 Å². The highest BCUT2D eigenvalue weighted by atomic mass is 16.5. The molecule has 4 heteroatoms. The van der Waals surface area contributed by atoms with Crippen molar-refractivity contribution in [1.29, 1.82) is 0 Å². The van der Waals surface area contributed by atoms with Gasteiger partial charge >= 0.3 is 0 Å². The minimum absolute atomic E-state index is 0.179. The molecule has 0 aromatic carbocycles. The van der Waals surface area contributed by atoms with Crippen molar-refractivity contribution < 1.29 is 14.9 Å². The first-order valence-electron chi connectivity index (χ1n) is 10.00. The van der Waals surface area contributed by atoms with Gasteiger partial charge < -0.3 is 19.8 Å². The lowest BCUT2D eigenvalue weighted by molar-refractivity contribution is 0.138. The highest BCUT2D eigenvalue weighted by Gasteiger charge is 2.45. The van der Waals surface area contributed by atoms with Gasteiger partial charge in [0, 0.05) is 12.5 Å². The van der Waals surface area contributed by atoms with Gasteiger partial charge in [0.05, 0.1) is 25.1 Å². The third kappa shape index (κ3) is 6.43. The maximum absolute atomic E-state index is 10.4. The second-order valence-corrected chi connectivity index (χ2v) is 8.11. The number of nitrogens with zero attached hydrogens (tertiary/aromatic N) is 1. The lowest BCUT2D eigenvalue weighted by atomic mass is 9.90. The van der Waals surface area contributed by atoms with E-state index in [1.54, 1.807) is 0 Å². The molecule has 0 heterocycles. The number of rotatable bonds is 10. The summed E-state index contributed by atoms with van der Waals surface area (Å²) in [6.45, 7) is 3.82. The van der Waals surface area contributed by atoms with Gasteiger partial charge in [-0.25, -0.2) is 0 Å². The van der Waals surface area contributed by atoms with E-state index in [4.69, 9.17) is 4.74 Å². The summed E-state index contributed by atoms with van der Waals surface area (Å²) in [7, 11) is 4.09. The molecular formula is C21H37NO3. The summed E-state index contributed by atoms with van der Waals surface area (Å²) in [5.74, 6) is 1.24. The van der Waals surface area contributed by atoms with Crippen LogP contribution in [0.15, 0.2) is 24.0 Å². The molecule has 2 aliphatic rings. The van der Waals surface area contributed by atoms with Crippen LogP contribution < -0.4 is 0 Å². The number of likely N-dealkylation sites (N-methyl/N-ethyl adjacent to an activating group) is 1. The third-order valence-corrected chi connectivity index (χ3v) is 5.68.